The van der Waals surface area contributed by atoms with Crippen LogP contribution in [0.4, 0.5) is 5.82 Å². The molecule has 0 bridgehead atoms. The van der Waals surface area contributed by atoms with Crippen LogP contribution in [0.25, 0.3) is 0 Å². The Bertz CT molecular complexity index is 476. The van der Waals surface area contributed by atoms with E-state index in [1.807, 2.05) is 6.92 Å². The molecular formula is C11H17N3O4. The van der Waals surface area contributed by atoms with Gasteiger partial charge in [-0.3, -0.25) is 4.57 Å². The SMILES string of the molecule is CO[C@H]1C(C)[C@@H](CO)O[C@H]1n1ccc(N)nc1=O. The lowest BCUT2D eigenvalue weighted by molar-refractivity contribution is -0.0624. The molecule has 1 aliphatic rings. The Morgan fingerprint density at radius 1 is 1.67 bits per heavy atom. The molecule has 1 aromatic heterocycles. The van der Waals surface area contributed by atoms with Crippen LogP contribution >= 0.6 is 0 Å². The smallest absolute Gasteiger partial charge is 0.351 e. The lowest BCUT2D eigenvalue weighted by atomic mass is 10.0. The van der Waals surface area contributed by atoms with Crippen LogP contribution in [0.1, 0.15) is 13.2 Å². The standard InChI is InChI=1S/C11H17N3O4/c1-6-7(5-15)18-10(9(6)17-2)14-4-3-8(12)13-11(14)16/h3-4,6-7,9-10,15H,5H2,1-2H3,(H2,12,13,16)/t6?,7-,9+,10-/m1/s1. The largest absolute Gasteiger partial charge is 0.394 e. The van der Waals surface area contributed by atoms with Crippen molar-refractivity contribution in [3.8, 4) is 0 Å². The first-order chi connectivity index (χ1) is 8.58. The number of nitrogens with two attached hydrogens (primary N) is 1. The summed E-state index contributed by atoms with van der Waals surface area (Å²) in [6.45, 7) is 1.79. The third-order valence-corrected chi connectivity index (χ3v) is 3.28. The number of hydrogen-bond donors (Lipinski definition) is 2. The number of anilines is 1. The molecule has 4 atom stereocenters. The van der Waals surface area contributed by atoms with Crippen LogP contribution < -0.4 is 11.4 Å². The molecule has 1 saturated heterocycles. The van der Waals surface area contributed by atoms with Gasteiger partial charge in [0.1, 0.15) is 11.9 Å². The van der Waals surface area contributed by atoms with E-state index in [0.29, 0.717) is 0 Å². The highest BCUT2D eigenvalue weighted by Gasteiger charge is 2.43. The van der Waals surface area contributed by atoms with Crippen LogP contribution in [-0.2, 0) is 9.47 Å². The van der Waals surface area contributed by atoms with Gasteiger partial charge in [0, 0.05) is 19.2 Å². The predicted molar refractivity (Wildman–Crippen MR) is 63.9 cm³/mol. The van der Waals surface area contributed by atoms with Crippen molar-refractivity contribution < 1.29 is 14.6 Å². The summed E-state index contributed by atoms with van der Waals surface area (Å²) in [6.07, 6.45) is 0.255. The molecule has 1 aromatic rings. The number of rotatable bonds is 3. The average Bonchev–Trinajstić information content (AvgIpc) is 2.65. The van der Waals surface area contributed by atoms with Gasteiger partial charge >= 0.3 is 5.69 Å². The number of aromatic nitrogens is 2. The van der Waals surface area contributed by atoms with Crippen LogP contribution in [0.2, 0.25) is 0 Å². The van der Waals surface area contributed by atoms with Gasteiger partial charge in [0.25, 0.3) is 0 Å². The second kappa shape index (κ2) is 5.05. The van der Waals surface area contributed by atoms with Gasteiger partial charge in [-0.05, 0) is 6.07 Å². The first-order valence-electron chi connectivity index (χ1n) is 5.72. The number of nitrogen functional groups attached to an aromatic ring is 1. The number of hydrogen-bond acceptors (Lipinski definition) is 6. The zero-order chi connectivity index (χ0) is 13.3. The second-order valence-corrected chi connectivity index (χ2v) is 4.35. The molecule has 3 N–H and O–H groups in total. The minimum Gasteiger partial charge on any atom is -0.394 e. The fraction of sp³-hybridized carbons (Fsp3) is 0.636. The van der Waals surface area contributed by atoms with Gasteiger partial charge in [-0.25, -0.2) is 4.79 Å². The minimum absolute atomic E-state index is 0.0190. The van der Waals surface area contributed by atoms with Gasteiger partial charge in [-0.15, -0.1) is 0 Å². The zero-order valence-electron chi connectivity index (χ0n) is 10.3. The molecule has 100 valence electrons. The Morgan fingerprint density at radius 2 is 2.39 bits per heavy atom. The van der Waals surface area contributed by atoms with Gasteiger partial charge in [0.15, 0.2) is 6.23 Å². The fourth-order valence-electron chi connectivity index (χ4n) is 2.24. The van der Waals surface area contributed by atoms with Crippen LogP contribution in [0.3, 0.4) is 0 Å². The normalized spacial score (nSPS) is 31.7. The molecular weight excluding hydrogens is 238 g/mol. The summed E-state index contributed by atoms with van der Waals surface area (Å²) in [4.78, 5) is 15.4. The van der Waals surface area contributed by atoms with Gasteiger partial charge in [0.05, 0.1) is 12.7 Å². The molecule has 1 fully saturated rings. The number of aliphatic hydroxyl groups is 1. The first-order valence-corrected chi connectivity index (χ1v) is 5.72. The Balaban J connectivity index is 2.35. The predicted octanol–water partition coefficient (Wildman–Crippen LogP) is -0.634. The zero-order valence-corrected chi connectivity index (χ0v) is 10.3. The fourth-order valence-corrected chi connectivity index (χ4v) is 2.24. The third kappa shape index (κ3) is 2.12. The monoisotopic (exact) mass is 255 g/mol. The quantitative estimate of drug-likeness (QED) is 0.745. The van der Waals surface area contributed by atoms with Gasteiger partial charge in [0.2, 0.25) is 0 Å². The van der Waals surface area contributed by atoms with Crippen molar-refractivity contribution >= 4 is 5.82 Å². The maximum absolute atomic E-state index is 11.8. The summed E-state index contributed by atoms with van der Waals surface area (Å²) in [5.74, 6) is 0.143. The average molecular weight is 255 g/mol. The van der Waals surface area contributed by atoms with Crippen LogP contribution in [0, 0.1) is 5.92 Å². The Morgan fingerprint density at radius 3 is 2.94 bits per heavy atom. The van der Waals surface area contributed by atoms with Crippen LogP contribution in [0.5, 0.6) is 0 Å². The van der Waals surface area contributed by atoms with Crippen molar-refractivity contribution in [3.63, 3.8) is 0 Å². The molecule has 7 heteroatoms. The van der Waals surface area contributed by atoms with E-state index in [4.69, 9.17) is 15.2 Å². The summed E-state index contributed by atoms with van der Waals surface area (Å²) >= 11 is 0. The lowest BCUT2D eigenvalue weighted by Gasteiger charge is -2.20. The number of aliphatic hydroxyl groups excluding tert-OH is 1. The summed E-state index contributed by atoms with van der Waals surface area (Å²) in [5, 5.41) is 9.22. The molecule has 0 aliphatic carbocycles. The van der Waals surface area contributed by atoms with Crippen LogP contribution in [0.15, 0.2) is 17.1 Å². The molecule has 18 heavy (non-hydrogen) atoms. The second-order valence-electron chi connectivity index (χ2n) is 4.35. The van der Waals surface area contributed by atoms with E-state index in [0.717, 1.165) is 0 Å². The Labute approximate surface area is 104 Å². The van der Waals surface area contributed by atoms with E-state index in [9.17, 15) is 9.90 Å². The highest BCUT2D eigenvalue weighted by atomic mass is 16.6. The molecule has 7 nitrogen and oxygen atoms in total. The van der Waals surface area contributed by atoms with Crippen molar-refractivity contribution in [1.29, 1.82) is 0 Å². The van der Waals surface area contributed by atoms with E-state index in [2.05, 4.69) is 4.98 Å². The van der Waals surface area contributed by atoms with Gasteiger partial charge in [-0.2, -0.15) is 4.98 Å². The van der Waals surface area contributed by atoms with E-state index in [-0.39, 0.29) is 30.6 Å². The molecule has 0 amide bonds. The van der Waals surface area contributed by atoms with Crippen molar-refractivity contribution in [2.24, 2.45) is 5.92 Å². The third-order valence-electron chi connectivity index (χ3n) is 3.28. The van der Waals surface area contributed by atoms with E-state index in [1.165, 1.54) is 16.8 Å². The Kier molecular flexibility index (Phi) is 3.65. The minimum atomic E-state index is -0.595. The van der Waals surface area contributed by atoms with Gasteiger partial charge in [-0.1, -0.05) is 6.92 Å². The molecule has 0 aromatic carbocycles. The molecule has 0 saturated carbocycles. The van der Waals surface area contributed by atoms with Crippen molar-refractivity contribution in [2.45, 2.75) is 25.4 Å². The number of methoxy groups -OCH3 is 1. The van der Waals surface area contributed by atoms with Crippen molar-refractivity contribution in [2.75, 3.05) is 19.5 Å². The highest BCUT2D eigenvalue weighted by Crippen LogP contribution is 2.34. The van der Waals surface area contributed by atoms with Crippen LogP contribution in [-0.4, -0.2) is 40.6 Å². The lowest BCUT2D eigenvalue weighted by Crippen LogP contribution is -2.34. The molecule has 1 unspecified atom stereocenters. The highest BCUT2D eigenvalue weighted by molar-refractivity contribution is 5.23. The summed E-state index contributed by atoms with van der Waals surface area (Å²) in [7, 11) is 1.55. The number of nitrogens with zero attached hydrogens (tertiary/aromatic N) is 2. The summed E-state index contributed by atoms with van der Waals surface area (Å²) in [5.41, 5.74) is 4.94. The summed E-state index contributed by atoms with van der Waals surface area (Å²) in [6, 6.07) is 1.52. The first kappa shape index (κ1) is 13.0. The van der Waals surface area contributed by atoms with Crippen molar-refractivity contribution in [3.05, 3.63) is 22.7 Å². The molecule has 0 radical (unpaired) electrons. The van der Waals surface area contributed by atoms with E-state index < -0.39 is 11.9 Å². The maximum atomic E-state index is 11.8. The molecule has 1 aliphatic heterocycles. The molecule has 2 heterocycles. The molecule has 0 spiro atoms. The maximum Gasteiger partial charge on any atom is 0.351 e. The van der Waals surface area contributed by atoms with E-state index >= 15 is 0 Å². The Hall–Kier alpha value is -1.44. The van der Waals surface area contributed by atoms with Gasteiger partial charge < -0.3 is 20.3 Å². The van der Waals surface area contributed by atoms with E-state index in [1.54, 1.807) is 7.11 Å². The molecule has 2 rings (SSSR count). The van der Waals surface area contributed by atoms with Crippen molar-refractivity contribution in [1.82, 2.24) is 9.55 Å². The topological polar surface area (TPSA) is 99.6 Å². The number of ether oxygens (including phenoxy) is 2. The summed E-state index contributed by atoms with van der Waals surface area (Å²) < 4.78 is 12.3.